The van der Waals surface area contributed by atoms with Crippen molar-refractivity contribution in [1.82, 2.24) is 14.7 Å². The summed E-state index contributed by atoms with van der Waals surface area (Å²) in [7, 11) is 0. The molecule has 0 bridgehead atoms. The van der Waals surface area contributed by atoms with Crippen LogP contribution in [-0.4, -0.2) is 46.9 Å². The van der Waals surface area contributed by atoms with Gasteiger partial charge < -0.3 is 15.4 Å². The molecule has 1 aromatic heterocycles. The van der Waals surface area contributed by atoms with Crippen LogP contribution in [0.4, 0.5) is 4.39 Å². The first-order chi connectivity index (χ1) is 12.9. The largest absolute Gasteiger partial charge is 0.377 e. The summed E-state index contributed by atoms with van der Waals surface area (Å²) in [6, 6.07) is 6.32. The van der Waals surface area contributed by atoms with Crippen LogP contribution in [0.3, 0.4) is 0 Å². The summed E-state index contributed by atoms with van der Waals surface area (Å²) < 4.78 is 21.5. The summed E-state index contributed by atoms with van der Waals surface area (Å²) in [4.78, 5) is 14.7. The highest BCUT2D eigenvalue weighted by atomic mass is 19.1. The first-order valence-corrected chi connectivity index (χ1v) is 9.32. The molecular weight excluding hydrogens is 347 g/mol. The third-order valence-corrected chi connectivity index (χ3v) is 5.14. The summed E-state index contributed by atoms with van der Waals surface area (Å²) in [6.07, 6.45) is 0.409. The smallest absolute Gasteiger partial charge is 0.223 e. The number of hydrogen-bond donors (Lipinski definition) is 1. The Morgan fingerprint density at radius 3 is 2.85 bits per heavy atom. The molecule has 2 unspecified atom stereocenters. The van der Waals surface area contributed by atoms with E-state index in [2.05, 4.69) is 5.10 Å². The van der Waals surface area contributed by atoms with Crippen LogP contribution in [0.5, 0.6) is 0 Å². The van der Waals surface area contributed by atoms with Crippen LogP contribution >= 0.6 is 0 Å². The summed E-state index contributed by atoms with van der Waals surface area (Å²) in [6.45, 7) is 7.70. The molecule has 1 aliphatic rings. The number of nitrogens with two attached hydrogens (primary N) is 1. The number of morpholine rings is 1. The Kier molecular flexibility index (Phi) is 5.92. The molecule has 2 N–H and O–H groups in total. The number of benzene rings is 1. The Morgan fingerprint density at radius 2 is 2.15 bits per heavy atom. The van der Waals surface area contributed by atoms with Gasteiger partial charge in [0.25, 0.3) is 0 Å². The van der Waals surface area contributed by atoms with Crippen molar-refractivity contribution < 1.29 is 13.9 Å². The van der Waals surface area contributed by atoms with Crippen LogP contribution in [0.15, 0.2) is 24.3 Å². The minimum Gasteiger partial charge on any atom is -0.377 e. The number of para-hydroxylation sites is 1. The molecule has 7 heteroatoms. The lowest BCUT2D eigenvalue weighted by atomic mass is 10.0. The van der Waals surface area contributed by atoms with E-state index in [0.29, 0.717) is 38.4 Å². The summed E-state index contributed by atoms with van der Waals surface area (Å²) in [5.74, 6) is -0.137. The zero-order chi connectivity index (χ0) is 19.6. The molecule has 2 heterocycles. The van der Waals surface area contributed by atoms with Crippen molar-refractivity contribution in [3.8, 4) is 5.69 Å². The highest BCUT2D eigenvalue weighted by Gasteiger charge is 2.33. The number of carbonyl (C=O) groups excluding carboxylic acids is 1. The molecule has 1 aliphatic heterocycles. The highest BCUT2D eigenvalue weighted by Crippen LogP contribution is 2.32. The molecule has 146 valence electrons. The molecule has 0 spiro atoms. The number of nitrogens with zero attached hydrogens (tertiary/aromatic N) is 3. The fourth-order valence-electron chi connectivity index (χ4n) is 3.64. The maximum atomic E-state index is 14.3. The van der Waals surface area contributed by atoms with E-state index in [-0.39, 0.29) is 23.7 Å². The maximum absolute atomic E-state index is 14.3. The third-order valence-electron chi connectivity index (χ3n) is 5.14. The number of carbonyl (C=O) groups is 1. The Labute approximate surface area is 159 Å². The first kappa shape index (κ1) is 19.5. The van der Waals surface area contributed by atoms with Crippen molar-refractivity contribution in [3.63, 3.8) is 0 Å². The van der Waals surface area contributed by atoms with Gasteiger partial charge in [0.2, 0.25) is 5.91 Å². The van der Waals surface area contributed by atoms with Gasteiger partial charge in [-0.15, -0.1) is 0 Å². The van der Waals surface area contributed by atoms with Gasteiger partial charge in [0.1, 0.15) is 11.5 Å². The minimum atomic E-state index is -0.334. The van der Waals surface area contributed by atoms with Gasteiger partial charge in [-0.3, -0.25) is 4.79 Å². The van der Waals surface area contributed by atoms with E-state index in [1.54, 1.807) is 22.9 Å². The van der Waals surface area contributed by atoms with Crippen molar-refractivity contribution in [2.75, 3.05) is 26.3 Å². The average molecular weight is 374 g/mol. The summed E-state index contributed by atoms with van der Waals surface area (Å²) >= 11 is 0. The zero-order valence-corrected chi connectivity index (χ0v) is 16.1. The molecule has 0 saturated carbocycles. The molecule has 6 nitrogen and oxygen atoms in total. The predicted molar refractivity (Wildman–Crippen MR) is 101 cm³/mol. The first-order valence-electron chi connectivity index (χ1n) is 9.32. The summed E-state index contributed by atoms with van der Waals surface area (Å²) in [5.41, 5.74) is 8.59. The van der Waals surface area contributed by atoms with Gasteiger partial charge in [0.15, 0.2) is 0 Å². The van der Waals surface area contributed by atoms with Crippen molar-refractivity contribution in [1.29, 1.82) is 0 Å². The van der Waals surface area contributed by atoms with Crippen LogP contribution < -0.4 is 5.73 Å². The number of aryl methyl sites for hydroxylation is 1. The Bertz CT molecular complexity index is 820. The van der Waals surface area contributed by atoms with E-state index in [1.807, 2.05) is 25.7 Å². The molecular formula is C20H27FN4O2. The quantitative estimate of drug-likeness (QED) is 0.873. The lowest BCUT2D eigenvalue weighted by Crippen LogP contribution is -2.44. The van der Waals surface area contributed by atoms with Gasteiger partial charge in [0, 0.05) is 24.2 Å². The fraction of sp³-hybridized carbons (Fsp3) is 0.500. The molecule has 2 aromatic rings. The Morgan fingerprint density at radius 1 is 1.41 bits per heavy atom. The summed E-state index contributed by atoms with van der Waals surface area (Å²) in [5, 5.41) is 4.55. The predicted octanol–water partition coefficient (Wildman–Crippen LogP) is 2.51. The van der Waals surface area contributed by atoms with Gasteiger partial charge in [-0.1, -0.05) is 19.1 Å². The van der Waals surface area contributed by atoms with Crippen LogP contribution in [0.2, 0.25) is 0 Å². The van der Waals surface area contributed by atoms with Crippen molar-refractivity contribution >= 4 is 5.91 Å². The van der Waals surface area contributed by atoms with E-state index < -0.39 is 0 Å². The van der Waals surface area contributed by atoms with Crippen molar-refractivity contribution in [2.24, 2.45) is 11.7 Å². The SMILES string of the molecule is Cc1nn(-c2ccccc2F)c(C)c1C1COCCN1C(=O)CC(C)CN. The minimum absolute atomic E-state index is 0.0682. The normalized spacial score (nSPS) is 18.6. The Balaban J connectivity index is 1.96. The van der Waals surface area contributed by atoms with E-state index in [9.17, 15) is 9.18 Å². The van der Waals surface area contributed by atoms with E-state index >= 15 is 0 Å². The van der Waals surface area contributed by atoms with Crippen LogP contribution in [0, 0.1) is 25.6 Å². The number of amides is 1. The topological polar surface area (TPSA) is 73.4 Å². The monoisotopic (exact) mass is 374 g/mol. The van der Waals surface area contributed by atoms with E-state index in [0.717, 1.165) is 17.0 Å². The van der Waals surface area contributed by atoms with E-state index in [1.165, 1.54) is 6.07 Å². The number of rotatable bonds is 5. The van der Waals surface area contributed by atoms with Crippen molar-refractivity contribution in [2.45, 2.75) is 33.2 Å². The van der Waals surface area contributed by atoms with Gasteiger partial charge in [0.05, 0.1) is 24.9 Å². The van der Waals surface area contributed by atoms with Crippen LogP contribution in [0.1, 0.15) is 36.3 Å². The molecule has 0 aliphatic carbocycles. The number of ether oxygens (including phenoxy) is 1. The highest BCUT2D eigenvalue weighted by molar-refractivity contribution is 5.77. The van der Waals surface area contributed by atoms with Crippen molar-refractivity contribution in [3.05, 3.63) is 47.0 Å². The second-order valence-corrected chi connectivity index (χ2v) is 7.17. The molecule has 1 aromatic carbocycles. The maximum Gasteiger partial charge on any atom is 0.223 e. The molecule has 3 rings (SSSR count). The molecule has 1 fully saturated rings. The van der Waals surface area contributed by atoms with E-state index in [4.69, 9.17) is 10.5 Å². The number of hydrogen-bond acceptors (Lipinski definition) is 4. The Hall–Kier alpha value is -2.25. The van der Waals surface area contributed by atoms with Crippen LogP contribution in [0.25, 0.3) is 5.69 Å². The lowest BCUT2D eigenvalue weighted by molar-refractivity contribution is -0.141. The molecule has 0 radical (unpaired) electrons. The number of aromatic nitrogens is 2. The third kappa shape index (κ3) is 3.89. The van der Waals surface area contributed by atoms with Gasteiger partial charge >= 0.3 is 0 Å². The zero-order valence-electron chi connectivity index (χ0n) is 16.1. The number of halogens is 1. The van der Waals surface area contributed by atoms with Gasteiger partial charge in [-0.25, -0.2) is 9.07 Å². The molecule has 27 heavy (non-hydrogen) atoms. The van der Waals surface area contributed by atoms with Crippen LogP contribution in [-0.2, 0) is 9.53 Å². The lowest BCUT2D eigenvalue weighted by Gasteiger charge is -2.36. The standard InChI is InChI=1S/C20H27FN4O2/c1-13(11-22)10-19(26)24-8-9-27-12-18(24)20-14(2)23-25(15(20)3)17-7-5-4-6-16(17)21/h4-7,13,18H,8-12,22H2,1-3H3. The van der Waals surface area contributed by atoms with Gasteiger partial charge in [-0.2, -0.15) is 5.10 Å². The molecule has 2 atom stereocenters. The van der Waals surface area contributed by atoms with Gasteiger partial charge in [-0.05, 0) is 38.4 Å². The average Bonchev–Trinajstić information content (AvgIpc) is 2.96. The second-order valence-electron chi connectivity index (χ2n) is 7.17. The molecule has 1 amide bonds. The second kappa shape index (κ2) is 8.19. The fourth-order valence-corrected chi connectivity index (χ4v) is 3.64. The molecule has 1 saturated heterocycles.